The standard InChI is InChI=1S/C23H27NO5S/c1-15-23(2,12-5-3-4-11-21(25)26)19-14-18-16(8-6-10-20(18)30(27,28)29)17-9-7-13-24(15)22(17)19/h6,8,10,14H,3-5,7,9,11-13H2,1-2H3,(H-,25,26,27,28,29). The van der Waals surface area contributed by atoms with Crippen LogP contribution in [-0.4, -0.2) is 40.9 Å². The van der Waals surface area contributed by atoms with Crippen LogP contribution in [0, 0.1) is 0 Å². The molecular weight excluding hydrogens is 402 g/mol. The van der Waals surface area contributed by atoms with E-state index in [-0.39, 0.29) is 16.7 Å². The SMILES string of the molecule is CC1=[N+]2CCCc3c2c(cc2c(S(=O)(=O)[O-])cccc32)C1(C)CCCCCC(=O)O. The zero-order valence-electron chi connectivity index (χ0n) is 17.4. The summed E-state index contributed by atoms with van der Waals surface area (Å²) in [6.07, 6.45) is 5.27. The number of benzene rings is 2. The Kier molecular flexibility index (Phi) is 5.22. The van der Waals surface area contributed by atoms with Crippen LogP contribution in [0.4, 0.5) is 5.69 Å². The van der Waals surface area contributed by atoms with E-state index in [1.807, 2.05) is 12.1 Å². The zero-order valence-corrected chi connectivity index (χ0v) is 18.2. The first kappa shape index (κ1) is 21.0. The molecule has 0 saturated heterocycles. The average Bonchev–Trinajstić information content (AvgIpc) is 2.90. The third kappa shape index (κ3) is 3.34. The van der Waals surface area contributed by atoms with E-state index in [9.17, 15) is 17.8 Å². The topological polar surface area (TPSA) is 97.5 Å². The van der Waals surface area contributed by atoms with Gasteiger partial charge in [-0.25, -0.2) is 8.42 Å². The molecule has 0 fully saturated rings. The molecule has 2 aliphatic rings. The van der Waals surface area contributed by atoms with Crippen LogP contribution in [0.15, 0.2) is 29.2 Å². The number of nitrogens with zero attached hydrogens (tertiary/aromatic N) is 1. The lowest BCUT2D eigenvalue weighted by molar-refractivity contribution is -0.444. The maximum Gasteiger partial charge on any atom is 0.303 e. The molecule has 2 aromatic rings. The Labute approximate surface area is 177 Å². The number of carboxylic acid groups (broad SMARTS) is 1. The summed E-state index contributed by atoms with van der Waals surface area (Å²) in [5.41, 5.74) is 4.40. The van der Waals surface area contributed by atoms with Crippen molar-refractivity contribution >= 4 is 38.3 Å². The van der Waals surface area contributed by atoms with Gasteiger partial charge in [-0.1, -0.05) is 25.0 Å². The van der Waals surface area contributed by atoms with Gasteiger partial charge in [0.15, 0.2) is 5.71 Å². The monoisotopic (exact) mass is 429 g/mol. The summed E-state index contributed by atoms with van der Waals surface area (Å²) in [5.74, 6) is -0.769. The second kappa shape index (κ2) is 7.46. The first-order valence-electron chi connectivity index (χ1n) is 10.5. The number of carboxylic acids is 1. The highest BCUT2D eigenvalue weighted by Crippen LogP contribution is 2.49. The second-order valence-electron chi connectivity index (χ2n) is 8.68. The Morgan fingerprint density at radius 2 is 2.00 bits per heavy atom. The molecule has 0 bridgehead atoms. The van der Waals surface area contributed by atoms with E-state index >= 15 is 0 Å². The van der Waals surface area contributed by atoms with Crippen LogP contribution >= 0.6 is 0 Å². The minimum absolute atomic E-state index is 0.149. The molecule has 0 amide bonds. The van der Waals surface area contributed by atoms with E-state index in [4.69, 9.17) is 5.11 Å². The molecule has 0 spiro atoms. The highest BCUT2D eigenvalue weighted by Gasteiger charge is 2.48. The van der Waals surface area contributed by atoms with Crippen molar-refractivity contribution in [3.8, 4) is 0 Å². The summed E-state index contributed by atoms with van der Waals surface area (Å²) in [4.78, 5) is 10.6. The number of rotatable bonds is 7. The van der Waals surface area contributed by atoms with Gasteiger partial charge >= 0.3 is 5.97 Å². The summed E-state index contributed by atoms with van der Waals surface area (Å²) in [6, 6.07) is 6.90. The first-order valence-corrected chi connectivity index (χ1v) is 11.9. The highest BCUT2D eigenvalue weighted by atomic mass is 32.2. The molecular formula is C23H27NO5S. The molecule has 4 rings (SSSR count). The molecule has 2 heterocycles. The molecule has 1 atom stereocenters. The molecule has 0 aromatic heterocycles. The Morgan fingerprint density at radius 3 is 2.70 bits per heavy atom. The molecule has 0 aliphatic carbocycles. The van der Waals surface area contributed by atoms with Crippen LogP contribution < -0.4 is 0 Å². The fraction of sp³-hybridized carbons (Fsp3) is 0.478. The van der Waals surface area contributed by atoms with Gasteiger partial charge in [0, 0.05) is 36.3 Å². The van der Waals surface area contributed by atoms with Crippen molar-refractivity contribution < 1.29 is 27.4 Å². The Morgan fingerprint density at radius 1 is 1.23 bits per heavy atom. The van der Waals surface area contributed by atoms with E-state index < -0.39 is 16.1 Å². The van der Waals surface area contributed by atoms with Crippen LogP contribution in [0.1, 0.15) is 63.5 Å². The fourth-order valence-electron chi connectivity index (χ4n) is 5.26. The minimum atomic E-state index is -4.58. The van der Waals surface area contributed by atoms with Crippen molar-refractivity contribution in [2.75, 3.05) is 6.54 Å². The molecule has 7 heteroatoms. The van der Waals surface area contributed by atoms with Gasteiger partial charge in [0.25, 0.3) is 0 Å². The Bertz CT molecular complexity index is 1180. The van der Waals surface area contributed by atoms with E-state index in [2.05, 4.69) is 18.4 Å². The van der Waals surface area contributed by atoms with Gasteiger partial charge in [-0.15, -0.1) is 0 Å². The molecule has 2 aliphatic heterocycles. The smallest absolute Gasteiger partial charge is 0.303 e. The van der Waals surface area contributed by atoms with Crippen molar-refractivity contribution in [1.82, 2.24) is 0 Å². The van der Waals surface area contributed by atoms with E-state index in [1.165, 1.54) is 17.5 Å². The lowest BCUT2D eigenvalue weighted by atomic mass is 9.74. The van der Waals surface area contributed by atoms with E-state index in [0.29, 0.717) is 11.8 Å². The summed E-state index contributed by atoms with van der Waals surface area (Å²) in [5, 5.41) is 10.2. The van der Waals surface area contributed by atoms with Gasteiger partial charge in [0.2, 0.25) is 5.69 Å². The van der Waals surface area contributed by atoms with Gasteiger partial charge in [-0.05, 0) is 43.7 Å². The maximum absolute atomic E-state index is 11.9. The normalized spacial score (nSPS) is 20.6. The summed E-state index contributed by atoms with van der Waals surface area (Å²) in [6.45, 7) is 5.27. The number of aliphatic carboxylic acids is 1. The van der Waals surface area contributed by atoms with Crippen molar-refractivity contribution in [3.05, 3.63) is 35.4 Å². The third-order valence-electron chi connectivity index (χ3n) is 6.93. The molecule has 6 nitrogen and oxygen atoms in total. The van der Waals surface area contributed by atoms with Crippen LogP contribution in [0.3, 0.4) is 0 Å². The molecule has 0 saturated carbocycles. The van der Waals surface area contributed by atoms with Crippen molar-refractivity contribution in [2.24, 2.45) is 0 Å². The lowest BCUT2D eigenvalue weighted by Gasteiger charge is -2.23. The number of fused-ring (bicyclic) bond motifs is 2. The predicted molar refractivity (Wildman–Crippen MR) is 114 cm³/mol. The number of hydrogen-bond acceptors (Lipinski definition) is 4. The number of aryl methyl sites for hydroxylation is 1. The van der Waals surface area contributed by atoms with E-state index in [1.54, 1.807) is 6.07 Å². The molecule has 2 aromatic carbocycles. The van der Waals surface area contributed by atoms with Gasteiger partial charge in [-0.2, -0.15) is 4.58 Å². The predicted octanol–water partition coefficient (Wildman–Crippen LogP) is 4.10. The third-order valence-corrected chi connectivity index (χ3v) is 7.83. The summed E-state index contributed by atoms with van der Waals surface area (Å²) >= 11 is 0. The lowest BCUT2D eigenvalue weighted by Crippen LogP contribution is -2.30. The van der Waals surface area contributed by atoms with Crippen molar-refractivity contribution in [2.45, 2.75) is 69.1 Å². The van der Waals surface area contributed by atoms with Crippen LogP contribution in [-0.2, 0) is 26.7 Å². The van der Waals surface area contributed by atoms with E-state index in [0.717, 1.165) is 55.2 Å². The van der Waals surface area contributed by atoms with Crippen LogP contribution in [0.25, 0.3) is 10.8 Å². The molecule has 160 valence electrons. The second-order valence-corrected chi connectivity index (χ2v) is 10.0. The summed E-state index contributed by atoms with van der Waals surface area (Å²) < 4.78 is 38.2. The molecule has 1 N–H and O–H groups in total. The molecule has 30 heavy (non-hydrogen) atoms. The minimum Gasteiger partial charge on any atom is -0.744 e. The molecule has 0 radical (unpaired) electrons. The summed E-state index contributed by atoms with van der Waals surface area (Å²) in [7, 11) is -4.58. The number of unbranched alkanes of at least 4 members (excludes halogenated alkanes) is 2. The van der Waals surface area contributed by atoms with Crippen LogP contribution in [0.5, 0.6) is 0 Å². The van der Waals surface area contributed by atoms with Crippen molar-refractivity contribution in [1.29, 1.82) is 0 Å². The van der Waals surface area contributed by atoms with Crippen LogP contribution in [0.2, 0.25) is 0 Å². The average molecular weight is 430 g/mol. The largest absolute Gasteiger partial charge is 0.744 e. The number of hydrogen-bond donors (Lipinski definition) is 1. The van der Waals surface area contributed by atoms with Crippen molar-refractivity contribution in [3.63, 3.8) is 0 Å². The van der Waals surface area contributed by atoms with Gasteiger partial charge in [-0.3, -0.25) is 4.79 Å². The zero-order chi connectivity index (χ0) is 21.7. The Hall–Kier alpha value is -2.25. The highest BCUT2D eigenvalue weighted by molar-refractivity contribution is 7.86. The number of carbonyl (C=O) groups is 1. The quantitative estimate of drug-likeness (QED) is 0.406. The van der Waals surface area contributed by atoms with Gasteiger partial charge in [0.05, 0.1) is 10.3 Å². The van der Waals surface area contributed by atoms with Gasteiger partial charge in [0.1, 0.15) is 16.7 Å². The fourth-order valence-corrected chi connectivity index (χ4v) is 5.94. The first-order chi connectivity index (χ1) is 14.1. The Balaban J connectivity index is 1.83. The molecule has 1 unspecified atom stereocenters. The maximum atomic E-state index is 11.9. The van der Waals surface area contributed by atoms with Gasteiger partial charge < -0.3 is 9.66 Å².